The molecule has 0 aliphatic carbocycles. The molecule has 29 heavy (non-hydrogen) atoms. The van der Waals surface area contributed by atoms with Gasteiger partial charge in [-0.05, 0) is 25.0 Å². The van der Waals surface area contributed by atoms with Crippen LogP contribution < -0.4 is 10.9 Å². The number of carbonyl (C=O) groups is 2. The molecule has 154 valence electrons. The number of nitrogens with one attached hydrogen (secondary N) is 1. The third-order valence-electron chi connectivity index (χ3n) is 5.21. The van der Waals surface area contributed by atoms with Crippen LogP contribution in [0.25, 0.3) is 0 Å². The van der Waals surface area contributed by atoms with Crippen LogP contribution >= 0.6 is 0 Å². The first kappa shape index (κ1) is 20.7. The molecular formula is C21H27N5O3. The van der Waals surface area contributed by atoms with Gasteiger partial charge in [-0.3, -0.25) is 19.3 Å². The molecule has 1 aliphatic heterocycles. The van der Waals surface area contributed by atoms with Crippen molar-refractivity contribution in [2.24, 2.45) is 0 Å². The van der Waals surface area contributed by atoms with Crippen molar-refractivity contribution in [1.29, 1.82) is 0 Å². The number of likely N-dealkylation sites (N-methyl/N-ethyl adjacent to an activating group) is 1. The highest BCUT2D eigenvalue weighted by Crippen LogP contribution is 2.13. The number of aryl methyl sites for hydroxylation is 1. The van der Waals surface area contributed by atoms with Gasteiger partial charge in [0, 0.05) is 39.3 Å². The Balaban J connectivity index is 1.65. The van der Waals surface area contributed by atoms with E-state index in [-0.39, 0.29) is 23.9 Å². The minimum Gasteiger partial charge on any atom is -0.358 e. The molecule has 1 fully saturated rings. The van der Waals surface area contributed by atoms with Gasteiger partial charge in [0.1, 0.15) is 12.6 Å². The first-order valence-electron chi connectivity index (χ1n) is 9.80. The van der Waals surface area contributed by atoms with Crippen LogP contribution in [-0.2, 0) is 22.6 Å². The number of amides is 2. The molecule has 0 unspecified atom stereocenters. The fourth-order valence-electron chi connectivity index (χ4n) is 3.54. The van der Waals surface area contributed by atoms with E-state index < -0.39 is 6.04 Å². The lowest BCUT2D eigenvalue weighted by Crippen LogP contribution is -2.60. The molecule has 1 aliphatic rings. The van der Waals surface area contributed by atoms with Crippen LogP contribution in [0.3, 0.4) is 0 Å². The average molecular weight is 397 g/mol. The van der Waals surface area contributed by atoms with Gasteiger partial charge in [0.05, 0.1) is 5.69 Å². The van der Waals surface area contributed by atoms with E-state index in [1.165, 1.54) is 16.3 Å². The number of carbonyl (C=O) groups excluding carboxylic acids is 2. The molecule has 0 saturated carbocycles. The van der Waals surface area contributed by atoms with Crippen molar-refractivity contribution < 1.29 is 9.59 Å². The number of rotatable bonds is 6. The van der Waals surface area contributed by atoms with Crippen LogP contribution in [-0.4, -0.2) is 70.7 Å². The summed E-state index contributed by atoms with van der Waals surface area (Å²) in [6.07, 6.45) is 0.838. The van der Waals surface area contributed by atoms with Crippen LogP contribution in [0, 0.1) is 6.92 Å². The van der Waals surface area contributed by atoms with E-state index in [0.29, 0.717) is 25.3 Å². The second kappa shape index (κ2) is 9.47. The molecule has 2 heterocycles. The predicted molar refractivity (Wildman–Crippen MR) is 109 cm³/mol. The molecule has 8 nitrogen and oxygen atoms in total. The number of aromatic nitrogens is 2. The quantitative estimate of drug-likeness (QED) is 0.745. The van der Waals surface area contributed by atoms with Gasteiger partial charge in [-0.15, -0.1) is 0 Å². The van der Waals surface area contributed by atoms with Gasteiger partial charge in [-0.25, -0.2) is 4.68 Å². The van der Waals surface area contributed by atoms with Crippen molar-refractivity contribution in [2.45, 2.75) is 25.9 Å². The van der Waals surface area contributed by atoms with Crippen LogP contribution in [0.15, 0.2) is 47.3 Å². The predicted octanol–water partition coefficient (Wildman–Crippen LogP) is 0.0532. The largest absolute Gasteiger partial charge is 0.358 e. The van der Waals surface area contributed by atoms with Gasteiger partial charge in [0.2, 0.25) is 11.8 Å². The van der Waals surface area contributed by atoms with Crippen molar-refractivity contribution in [2.75, 3.05) is 33.2 Å². The highest BCUT2D eigenvalue weighted by atomic mass is 16.2. The van der Waals surface area contributed by atoms with E-state index in [9.17, 15) is 14.4 Å². The maximum Gasteiger partial charge on any atom is 0.267 e. The summed E-state index contributed by atoms with van der Waals surface area (Å²) < 4.78 is 1.17. The highest BCUT2D eigenvalue weighted by molar-refractivity contribution is 5.83. The topological polar surface area (TPSA) is 87.5 Å². The SMILES string of the molecule is CNC(=O)[C@@H]1CN(C(=O)Cn2nc(C)ccc2=O)CCN1CCc1ccccc1. The fraction of sp³-hybridized carbons (Fsp3) is 0.429. The molecule has 0 spiro atoms. The molecule has 1 aromatic carbocycles. The Kier molecular flexibility index (Phi) is 6.77. The summed E-state index contributed by atoms with van der Waals surface area (Å²) in [5.74, 6) is -0.316. The zero-order valence-electron chi connectivity index (χ0n) is 16.9. The van der Waals surface area contributed by atoms with E-state index in [4.69, 9.17) is 0 Å². The molecule has 1 saturated heterocycles. The Bertz CT molecular complexity index is 912. The Morgan fingerprint density at radius 1 is 1.14 bits per heavy atom. The number of nitrogens with zero attached hydrogens (tertiary/aromatic N) is 4. The molecule has 8 heteroatoms. The summed E-state index contributed by atoms with van der Waals surface area (Å²) in [7, 11) is 1.61. The van der Waals surface area contributed by atoms with Crippen molar-refractivity contribution in [3.63, 3.8) is 0 Å². The third-order valence-corrected chi connectivity index (χ3v) is 5.21. The molecule has 1 aromatic heterocycles. The lowest BCUT2D eigenvalue weighted by molar-refractivity contribution is -0.138. The van der Waals surface area contributed by atoms with Crippen LogP contribution in [0.2, 0.25) is 0 Å². The summed E-state index contributed by atoms with van der Waals surface area (Å²) in [5, 5.41) is 6.83. The van der Waals surface area contributed by atoms with Crippen LogP contribution in [0.4, 0.5) is 0 Å². The van der Waals surface area contributed by atoms with Crippen LogP contribution in [0.1, 0.15) is 11.3 Å². The average Bonchev–Trinajstić information content (AvgIpc) is 2.74. The highest BCUT2D eigenvalue weighted by Gasteiger charge is 2.33. The molecule has 0 radical (unpaired) electrons. The maximum atomic E-state index is 12.7. The van der Waals surface area contributed by atoms with Gasteiger partial charge >= 0.3 is 0 Å². The third kappa shape index (κ3) is 5.29. The Labute approximate surface area is 170 Å². The van der Waals surface area contributed by atoms with Gasteiger partial charge in [-0.2, -0.15) is 5.10 Å². The van der Waals surface area contributed by atoms with Gasteiger partial charge in [0.25, 0.3) is 5.56 Å². The summed E-state index contributed by atoms with van der Waals surface area (Å²) in [6, 6.07) is 12.7. The Morgan fingerprint density at radius 3 is 2.62 bits per heavy atom. The second-order valence-electron chi connectivity index (χ2n) is 7.21. The van der Waals surface area contributed by atoms with E-state index in [1.807, 2.05) is 18.2 Å². The first-order valence-corrected chi connectivity index (χ1v) is 9.80. The van der Waals surface area contributed by atoms with Gasteiger partial charge in [0.15, 0.2) is 0 Å². The van der Waals surface area contributed by atoms with E-state index >= 15 is 0 Å². The van der Waals surface area contributed by atoms with Gasteiger partial charge < -0.3 is 10.2 Å². The molecule has 1 atom stereocenters. The number of hydrogen-bond acceptors (Lipinski definition) is 5. The normalized spacial score (nSPS) is 17.2. The molecule has 3 rings (SSSR count). The monoisotopic (exact) mass is 397 g/mol. The summed E-state index contributed by atoms with van der Waals surface area (Å²) in [4.78, 5) is 40.9. The molecule has 2 amide bonds. The number of hydrogen-bond donors (Lipinski definition) is 1. The van der Waals surface area contributed by atoms with Gasteiger partial charge in [-0.1, -0.05) is 30.3 Å². The summed E-state index contributed by atoms with van der Waals surface area (Å²) >= 11 is 0. The van der Waals surface area contributed by atoms with E-state index in [1.54, 1.807) is 24.9 Å². The fourth-order valence-corrected chi connectivity index (χ4v) is 3.54. The van der Waals surface area contributed by atoms with E-state index in [2.05, 4.69) is 27.4 Å². The molecule has 1 N–H and O–H groups in total. The lowest BCUT2D eigenvalue weighted by Gasteiger charge is -2.40. The zero-order chi connectivity index (χ0) is 20.8. The van der Waals surface area contributed by atoms with Crippen molar-refractivity contribution >= 4 is 11.8 Å². The zero-order valence-corrected chi connectivity index (χ0v) is 16.9. The second-order valence-corrected chi connectivity index (χ2v) is 7.21. The van der Waals surface area contributed by atoms with Crippen molar-refractivity contribution in [3.05, 3.63) is 64.1 Å². The minimum absolute atomic E-state index is 0.110. The smallest absolute Gasteiger partial charge is 0.267 e. The van der Waals surface area contributed by atoms with Crippen molar-refractivity contribution in [1.82, 2.24) is 24.9 Å². The summed E-state index contributed by atoms with van der Waals surface area (Å²) in [6.45, 7) is 3.81. The summed E-state index contributed by atoms with van der Waals surface area (Å²) in [5.41, 5.74) is 1.58. The standard InChI is InChI=1S/C21H27N5O3/c1-16-8-9-19(27)26(23-16)15-20(28)25-13-12-24(18(14-25)21(29)22-2)11-10-17-6-4-3-5-7-17/h3-9,18H,10-15H2,1-2H3,(H,22,29)/t18-/m0/s1. The number of benzene rings is 1. The van der Waals surface area contributed by atoms with Crippen molar-refractivity contribution in [3.8, 4) is 0 Å². The molecule has 0 bridgehead atoms. The first-order chi connectivity index (χ1) is 14.0. The Morgan fingerprint density at radius 2 is 1.90 bits per heavy atom. The maximum absolute atomic E-state index is 12.7. The minimum atomic E-state index is -0.413. The van der Waals surface area contributed by atoms with E-state index in [0.717, 1.165) is 13.0 Å². The lowest BCUT2D eigenvalue weighted by atomic mass is 10.1. The Hall–Kier alpha value is -3.00. The van der Waals surface area contributed by atoms with Crippen LogP contribution in [0.5, 0.6) is 0 Å². The molecular weight excluding hydrogens is 370 g/mol. The molecule has 2 aromatic rings. The number of piperazine rings is 1.